The van der Waals surface area contributed by atoms with Crippen LogP contribution in [0.5, 0.6) is 0 Å². The zero-order valence-corrected chi connectivity index (χ0v) is 12.2. The van der Waals surface area contributed by atoms with E-state index in [0.717, 1.165) is 6.20 Å². The fourth-order valence-electron chi connectivity index (χ4n) is 1.42. The number of rotatable bonds is 3. The Morgan fingerprint density at radius 3 is 2.55 bits per heavy atom. The van der Waals surface area contributed by atoms with Crippen LogP contribution in [0.2, 0.25) is 10.0 Å². The van der Waals surface area contributed by atoms with Gasteiger partial charge in [-0.1, -0.05) is 23.2 Å². The SMILES string of the molecule is O=C(NS(=O)(=O)c1cccnc1)c1ccc(Cl)cc1Cl. The molecule has 0 saturated carbocycles. The van der Waals surface area contributed by atoms with Gasteiger partial charge in [0.1, 0.15) is 4.90 Å². The highest BCUT2D eigenvalue weighted by molar-refractivity contribution is 7.90. The van der Waals surface area contributed by atoms with Crippen LogP contribution in [0.4, 0.5) is 0 Å². The number of halogens is 2. The largest absolute Gasteiger partial charge is 0.268 e. The third-order valence-corrected chi connectivity index (χ3v) is 4.21. The Kier molecular flexibility index (Phi) is 4.27. The Hall–Kier alpha value is -1.63. The second kappa shape index (κ2) is 5.78. The van der Waals surface area contributed by atoms with E-state index >= 15 is 0 Å². The van der Waals surface area contributed by atoms with Gasteiger partial charge in [0.25, 0.3) is 15.9 Å². The van der Waals surface area contributed by atoms with Crippen LogP contribution >= 0.6 is 23.2 Å². The number of carbonyl (C=O) groups excluding carboxylic acids is 1. The van der Waals surface area contributed by atoms with E-state index < -0.39 is 15.9 Å². The maximum Gasteiger partial charge on any atom is 0.266 e. The smallest absolute Gasteiger partial charge is 0.266 e. The van der Waals surface area contributed by atoms with Crippen LogP contribution in [-0.4, -0.2) is 19.3 Å². The third-order valence-electron chi connectivity index (χ3n) is 2.35. The normalized spacial score (nSPS) is 11.1. The molecule has 1 aromatic heterocycles. The number of benzene rings is 1. The van der Waals surface area contributed by atoms with Crippen molar-refractivity contribution in [2.75, 3.05) is 0 Å². The topological polar surface area (TPSA) is 76.1 Å². The standard InChI is InChI=1S/C12H8Cl2N2O3S/c13-8-3-4-10(11(14)6-8)12(17)16-20(18,19)9-2-1-5-15-7-9/h1-7H,(H,16,17). The highest BCUT2D eigenvalue weighted by Gasteiger charge is 2.20. The summed E-state index contributed by atoms with van der Waals surface area (Å²) in [5.74, 6) is -0.837. The van der Waals surface area contributed by atoms with Crippen LogP contribution < -0.4 is 4.72 Å². The van der Waals surface area contributed by atoms with Crippen molar-refractivity contribution in [2.45, 2.75) is 4.90 Å². The van der Waals surface area contributed by atoms with Gasteiger partial charge in [-0.15, -0.1) is 0 Å². The van der Waals surface area contributed by atoms with Crippen LogP contribution in [0, 0.1) is 0 Å². The van der Waals surface area contributed by atoms with E-state index in [1.54, 1.807) is 0 Å². The summed E-state index contributed by atoms with van der Waals surface area (Å²) < 4.78 is 25.8. The Bertz CT molecular complexity index is 749. The minimum absolute atomic E-state index is 0.0172. The third kappa shape index (κ3) is 3.27. The molecule has 0 saturated heterocycles. The number of aromatic nitrogens is 1. The Balaban J connectivity index is 2.28. The first-order chi connectivity index (χ1) is 9.40. The van der Waals surface area contributed by atoms with Crippen LogP contribution in [0.1, 0.15) is 10.4 Å². The van der Waals surface area contributed by atoms with Gasteiger partial charge in [0, 0.05) is 17.4 Å². The molecular weight excluding hydrogens is 323 g/mol. The number of nitrogens with zero attached hydrogens (tertiary/aromatic N) is 1. The Labute approximate surface area is 125 Å². The molecular formula is C12H8Cl2N2O3S. The Morgan fingerprint density at radius 1 is 1.20 bits per heavy atom. The van der Waals surface area contributed by atoms with Crippen LogP contribution in [0.15, 0.2) is 47.6 Å². The lowest BCUT2D eigenvalue weighted by molar-refractivity contribution is 0.0981. The molecule has 0 atom stereocenters. The average Bonchev–Trinajstić information content (AvgIpc) is 2.39. The molecule has 104 valence electrons. The van der Waals surface area contributed by atoms with Gasteiger partial charge in [0.05, 0.1) is 10.6 Å². The van der Waals surface area contributed by atoms with Crippen molar-refractivity contribution in [1.82, 2.24) is 9.71 Å². The van der Waals surface area contributed by atoms with Crippen molar-refractivity contribution in [2.24, 2.45) is 0 Å². The molecule has 5 nitrogen and oxygen atoms in total. The van der Waals surface area contributed by atoms with Crippen molar-refractivity contribution in [3.05, 3.63) is 58.3 Å². The maximum atomic E-state index is 12.0. The molecule has 0 bridgehead atoms. The lowest BCUT2D eigenvalue weighted by Gasteiger charge is -2.07. The molecule has 8 heteroatoms. The summed E-state index contributed by atoms with van der Waals surface area (Å²) in [4.78, 5) is 15.5. The van der Waals surface area contributed by atoms with Crippen LogP contribution in [0.3, 0.4) is 0 Å². The minimum atomic E-state index is -3.99. The van der Waals surface area contributed by atoms with E-state index in [4.69, 9.17) is 23.2 Å². The first kappa shape index (κ1) is 14.8. The molecule has 1 heterocycles. The first-order valence-corrected chi connectivity index (χ1v) is 7.56. The van der Waals surface area contributed by atoms with Crippen molar-refractivity contribution in [1.29, 1.82) is 0 Å². The van der Waals surface area contributed by atoms with Gasteiger partial charge in [-0.25, -0.2) is 13.1 Å². The second-order valence-electron chi connectivity index (χ2n) is 3.75. The van der Waals surface area contributed by atoms with Crippen LogP contribution in [-0.2, 0) is 10.0 Å². The molecule has 0 unspecified atom stereocenters. The van der Waals surface area contributed by atoms with E-state index in [1.165, 1.54) is 36.5 Å². The summed E-state index contributed by atoms with van der Waals surface area (Å²) in [6, 6.07) is 6.92. The maximum absolute atomic E-state index is 12.0. The summed E-state index contributed by atoms with van der Waals surface area (Å²) in [5.41, 5.74) is 0.0172. The number of carbonyl (C=O) groups is 1. The molecule has 0 radical (unpaired) electrons. The van der Waals surface area contributed by atoms with E-state index in [-0.39, 0.29) is 15.5 Å². The Morgan fingerprint density at radius 2 is 1.95 bits per heavy atom. The molecule has 20 heavy (non-hydrogen) atoms. The lowest BCUT2D eigenvalue weighted by Crippen LogP contribution is -2.30. The van der Waals surface area contributed by atoms with Gasteiger partial charge >= 0.3 is 0 Å². The quantitative estimate of drug-likeness (QED) is 0.938. The summed E-state index contributed by atoms with van der Waals surface area (Å²) in [6.07, 6.45) is 2.57. The average molecular weight is 331 g/mol. The molecule has 2 rings (SSSR count). The summed E-state index contributed by atoms with van der Waals surface area (Å²) >= 11 is 11.6. The summed E-state index contributed by atoms with van der Waals surface area (Å²) in [5, 5.41) is 0.415. The molecule has 2 aromatic rings. The molecule has 0 aliphatic carbocycles. The predicted octanol–water partition coefficient (Wildman–Crippen LogP) is 2.51. The highest BCUT2D eigenvalue weighted by Crippen LogP contribution is 2.21. The van der Waals surface area contributed by atoms with E-state index in [0.29, 0.717) is 5.02 Å². The lowest BCUT2D eigenvalue weighted by atomic mass is 10.2. The number of hydrogen-bond donors (Lipinski definition) is 1. The monoisotopic (exact) mass is 330 g/mol. The minimum Gasteiger partial charge on any atom is -0.268 e. The van der Waals surface area contributed by atoms with Gasteiger partial charge in [0.2, 0.25) is 0 Å². The molecule has 0 aliphatic rings. The molecule has 0 fully saturated rings. The number of sulfonamides is 1. The zero-order valence-electron chi connectivity index (χ0n) is 9.88. The number of nitrogens with one attached hydrogen (secondary N) is 1. The highest BCUT2D eigenvalue weighted by atomic mass is 35.5. The molecule has 1 amide bonds. The van der Waals surface area contributed by atoms with Crippen molar-refractivity contribution in [3.63, 3.8) is 0 Å². The van der Waals surface area contributed by atoms with Gasteiger partial charge in [-0.05, 0) is 30.3 Å². The molecule has 1 N–H and O–H groups in total. The van der Waals surface area contributed by atoms with Crippen molar-refractivity contribution >= 4 is 39.1 Å². The van der Waals surface area contributed by atoms with Crippen molar-refractivity contribution in [3.8, 4) is 0 Å². The molecule has 1 aromatic carbocycles. The van der Waals surface area contributed by atoms with Crippen molar-refractivity contribution < 1.29 is 13.2 Å². The van der Waals surface area contributed by atoms with Gasteiger partial charge in [-0.2, -0.15) is 0 Å². The second-order valence-corrected chi connectivity index (χ2v) is 6.27. The molecule has 0 aliphatic heterocycles. The fraction of sp³-hybridized carbons (Fsp3) is 0. The van der Waals surface area contributed by atoms with Gasteiger partial charge < -0.3 is 0 Å². The van der Waals surface area contributed by atoms with E-state index in [1.807, 2.05) is 4.72 Å². The summed E-state index contributed by atoms with van der Waals surface area (Å²) in [7, 11) is -3.99. The number of amides is 1. The van der Waals surface area contributed by atoms with E-state index in [9.17, 15) is 13.2 Å². The zero-order chi connectivity index (χ0) is 14.8. The van der Waals surface area contributed by atoms with Gasteiger partial charge in [-0.3, -0.25) is 9.78 Å². The van der Waals surface area contributed by atoms with Gasteiger partial charge in [0.15, 0.2) is 0 Å². The number of pyridine rings is 1. The number of hydrogen-bond acceptors (Lipinski definition) is 4. The fourth-order valence-corrected chi connectivity index (χ4v) is 2.84. The molecule has 0 spiro atoms. The predicted molar refractivity (Wildman–Crippen MR) is 75.4 cm³/mol. The first-order valence-electron chi connectivity index (χ1n) is 5.32. The van der Waals surface area contributed by atoms with E-state index in [2.05, 4.69) is 4.98 Å². The summed E-state index contributed by atoms with van der Waals surface area (Å²) in [6.45, 7) is 0. The van der Waals surface area contributed by atoms with Crippen LogP contribution in [0.25, 0.3) is 0 Å².